The first-order chi connectivity index (χ1) is 15.3. The van der Waals surface area contributed by atoms with Crippen LogP contribution in [0.25, 0.3) is 10.9 Å². The van der Waals surface area contributed by atoms with Crippen molar-refractivity contribution < 1.29 is 22.3 Å². The Morgan fingerprint density at radius 3 is 2.19 bits per heavy atom. The number of sulfone groups is 1. The minimum Gasteiger partial charge on any atom is -0.493 e. The zero-order chi connectivity index (χ0) is 22.9. The van der Waals surface area contributed by atoms with Gasteiger partial charge in [0.15, 0.2) is 11.5 Å². The van der Waals surface area contributed by atoms with Crippen molar-refractivity contribution in [1.29, 1.82) is 0 Å². The van der Waals surface area contributed by atoms with Crippen molar-refractivity contribution >= 4 is 43.7 Å². The van der Waals surface area contributed by atoms with Crippen LogP contribution in [0.4, 0.5) is 15.8 Å². The number of benzene rings is 3. The molecule has 0 radical (unpaired) electrons. The number of pyridine rings is 1. The molecular weight excluding hydrogens is 455 g/mol. The SMILES string of the molecule is COc1cc2ncc(S(=O)(=O)c3ccc(Cl)cc3)c(Nc3ccc(F)cc3)c2cc1OC. The summed E-state index contributed by atoms with van der Waals surface area (Å²) in [5.41, 5.74) is 1.26. The molecule has 0 amide bonds. The molecule has 1 heterocycles. The first-order valence-corrected chi connectivity index (χ1v) is 11.3. The number of methoxy groups -OCH3 is 2. The van der Waals surface area contributed by atoms with E-state index in [-0.39, 0.29) is 15.5 Å². The maximum atomic E-state index is 13.5. The fraction of sp³-hybridized carbons (Fsp3) is 0.0870. The first kappa shape index (κ1) is 21.9. The highest BCUT2D eigenvalue weighted by atomic mass is 35.5. The monoisotopic (exact) mass is 472 g/mol. The van der Waals surface area contributed by atoms with E-state index in [2.05, 4.69) is 10.3 Å². The summed E-state index contributed by atoms with van der Waals surface area (Å²) < 4.78 is 51.1. The smallest absolute Gasteiger partial charge is 0.210 e. The molecule has 9 heteroatoms. The lowest BCUT2D eigenvalue weighted by Gasteiger charge is -2.17. The molecule has 4 rings (SSSR count). The molecule has 0 saturated heterocycles. The van der Waals surface area contributed by atoms with E-state index in [9.17, 15) is 12.8 Å². The number of nitrogens with one attached hydrogen (secondary N) is 1. The van der Waals surface area contributed by atoms with Gasteiger partial charge in [0.1, 0.15) is 10.7 Å². The number of aromatic nitrogens is 1. The molecule has 0 fully saturated rings. The Bertz CT molecular complexity index is 1390. The number of ether oxygens (including phenoxy) is 2. The molecule has 0 aliphatic carbocycles. The van der Waals surface area contributed by atoms with Crippen LogP contribution < -0.4 is 14.8 Å². The maximum Gasteiger partial charge on any atom is 0.210 e. The molecule has 0 bridgehead atoms. The number of halogens is 2. The Labute approximate surface area is 189 Å². The summed E-state index contributed by atoms with van der Waals surface area (Å²) in [4.78, 5) is 4.36. The Balaban J connectivity index is 1.99. The lowest BCUT2D eigenvalue weighted by molar-refractivity contribution is 0.356. The van der Waals surface area contributed by atoms with Crippen LogP contribution in [0.1, 0.15) is 0 Å². The van der Waals surface area contributed by atoms with Crippen molar-refractivity contribution in [2.75, 3.05) is 19.5 Å². The molecule has 0 unspecified atom stereocenters. The minimum atomic E-state index is -3.97. The van der Waals surface area contributed by atoms with Gasteiger partial charge in [-0.15, -0.1) is 0 Å². The highest BCUT2D eigenvalue weighted by Crippen LogP contribution is 2.40. The number of hydrogen-bond donors (Lipinski definition) is 1. The summed E-state index contributed by atoms with van der Waals surface area (Å²) in [7, 11) is -0.986. The van der Waals surface area contributed by atoms with Gasteiger partial charge in [0.05, 0.1) is 30.3 Å². The summed E-state index contributed by atoms with van der Waals surface area (Å²) in [6.07, 6.45) is 1.28. The van der Waals surface area contributed by atoms with Crippen LogP contribution in [0.5, 0.6) is 11.5 Å². The van der Waals surface area contributed by atoms with Crippen LogP contribution >= 0.6 is 11.6 Å². The van der Waals surface area contributed by atoms with Gasteiger partial charge in [0, 0.05) is 28.4 Å². The number of fused-ring (bicyclic) bond motifs is 1. The highest BCUT2D eigenvalue weighted by molar-refractivity contribution is 7.91. The van der Waals surface area contributed by atoms with Crippen molar-refractivity contribution in [3.8, 4) is 11.5 Å². The van der Waals surface area contributed by atoms with Gasteiger partial charge in [0.25, 0.3) is 0 Å². The summed E-state index contributed by atoms with van der Waals surface area (Å²) in [5.74, 6) is 0.453. The van der Waals surface area contributed by atoms with Crippen LogP contribution in [0.2, 0.25) is 5.02 Å². The van der Waals surface area contributed by atoms with E-state index >= 15 is 0 Å². The molecule has 0 spiro atoms. The normalized spacial score (nSPS) is 11.4. The lowest BCUT2D eigenvalue weighted by Crippen LogP contribution is -2.07. The third-order valence-corrected chi connectivity index (χ3v) is 6.90. The van der Waals surface area contributed by atoms with Crippen LogP contribution in [-0.2, 0) is 9.84 Å². The molecule has 0 aliphatic heterocycles. The minimum absolute atomic E-state index is 0.0520. The van der Waals surface area contributed by atoms with Gasteiger partial charge >= 0.3 is 0 Å². The van der Waals surface area contributed by atoms with Gasteiger partial charge in [0.2, 0.25) is 9.84 Å². The zero-order valence-corrected chi connectivity index (χ0v) is 18.7. The fourth-order valence-corrected chi connectivity index (χ4v) is 4.75. The quantitative estimate of drug-likeness (QED) is 0.392. The Kier molecular flexibility index (Phi) is 5.90. The van der Waals surface area contributed by atoms with Crippen molar-refractivity contribution in [3.05, 3.63) is 77.7 Å². The molecule has 0 saturated carbocycles. The molecule has 1 aromatic heterocycles. The Morgan fingerprint density at radius 2 is 1.56 bits per heavy atom. The van der Waals surface area contributed by atoms with E-state index < -0.39 is 15.7 Å². The van der Waals surface area contributed by atoms with Gasteiger partial charge in [-0.2, -0.15) is 0 Å². The molecule has 4 aromatic rings. The van der Waals surface area contributed by atoms with Crippen LogP contribution in [-0.4, -0.2) is 27.6 Å². The number of hydrogen-bond acceptors (Lipinski definition) is 6. The standard InChI is InChI=1S/C23H18ClFN2O4S/c1-30-20-11-18-19(12-21(20)31-2)26-13-22(23(18)27-16-7-5-15(25)6-8-16)32(28,29)17-9-3-14(24)4-10-17/h3-13H,1-2H3,(H,26,27). The number of nitrogens with zero attached hydrogens (tertiary/aromatic N) is 1. The predicted octanol–water partition coefficient (Wildman–Crippen LogP) is 5.62. The summed E-state index contributed by atoms with van der Waals surface area (Å²) in [6.45, 7) is 0. The average molecular weight is 473 g/mol. The summed E-state index contributed by atoms with van der Waals surface area (Å²) >= 11 is 5.92. The van der Waals surface area contributed by atoms with Gasteiger partial charge in [-0.3, -0.25) is 4.98 Å². The predicted molar refractivity (Wildman–Crippen MR) is 121 cm³/mol. The number of rotatable bonds is 6. The molecule has 32 heavy (non-hydrogen) atoms. The van der Waals surface area contributed by atoms with E-state index in [0.29, 0.717) is 33.1 Å². The van der Waals surface area contributed by atoms with Gasteiger partial charge in [-0.05, 0) is 54.6 Å². The number of anilines is 2. The second-order valence-electron chi connectivity index (χ2n) is 6.81. The second kappa shape index (κ2) is 8.64. The van der Waals surface area contributed by atoms with E-state index in [1.54, 1.807) is 12.1 Å². The van der Waals surface area contributed by atoms with E-state index in [0.717, 1.165) is 0 Å². The first-order valence-electron chi connectivity index (χ1n) is 9.41. The van der Waals surface area contributed by atoms with E-state index in [4.69, 9.17) is 21.1 Å². The van der Waals surface area contributed by atoms with Gasteiger partial charge in [-0.1, -0.05) is 11.6 Å². The molecule has 0 atom stereocenters. The highest BCUT2D eigenvalue weighted by Gasteiger charge is 2.25. The third-order valence-electron chi connectivity index (χ3n) is 4.87. The summed E-state index contributed by atoms with van der Waals surface area (Å²) in [6, 6.07) is 14.8. The van der Waals surface area contributed by atoms with Crippen molar-refractivity contribution in [2.24, 2.45) is 0 Å². The lowest BCUT2D eigenvalue weighted by atomic mass is 10.1. The molecular formula is C23H18ClFN2O4S. The van der Waals surface area contributed by atoms with Crippen molar-refractivity contribution in [1.82, 2.24) is 4.98 Å². The second-order valence-corrected chi connectivity index (χ2v) is 9.17. The fourth-order valence-electron chi connectivity index (χ4n) is 3.25. The summed E-state index contributed by atoms with van der Waals surface area (Å²) in [5, 5.41) is 4.02. The molecule has 164 valence electrons. The Hall–Kier alpha value is -3.36. The topological polar surface area (TPSA) is 77.5 Å². The van der Waals surface area contributed by atoms with E-state index in [1.807, 2.05) is 0 Å². The van der Waals surface area contributed by atoms with Gasteiger partial charge < -0.3 is 14.8 Å². The Morgan fingerprint density at radius 1 is 0.938 bits per heavy atom. The molecule has 1 N–H and O–H groups in total. The zero-order valence-electron chi connectivity index (χ0n) is 17.1. The van der Waals surface area contributed by atoms with Gasteiger partial charge in [-0.25, -0.2) is 12.8 Å². The molecule has 6 nitrogen and oxygen atoms in total. The molecule has 3 aromatic carbocycles. The maximum absolute atomic E-state index is 13.5. The van der Waals surface area contributed by atoms with Crippen LogP contribution in [0, 0.1) is 5.82 Å². The third kappa shape index (κ3) is 4.06. The largest absolute Gasteiger partial charge is 0.493 e. The molecule has 0 aliphatic rings. The van der Waals surface area contributed by atoms with Crippen molar-refractivity contribution in [3.63, 3.8) is 0 Å². The van der Waals surface area contributed by atoms with E-state index in [1.165, 1.54) is 68.9 Å². The van der Waals surface area contributed by atoms with Crippen molar-refractivity contribution in [2.45, 2.75) is 9.79 Å². The van der Waals surface area contributed by atoms with Crippen LogP contribution in [0.3, 0.4) is 0 Å². The average Bonchev–Trinajstić information content (AvgIpc) is 2.79. The van der Waals surface area contributed by atoms with Crippen LogP contribution in [0.15, 0.2) is 76.7 Å².